The van der Waals surface area contributed by atoms with Gasteiger partial charge in [0, 0.05) is 30.1 Å². The molecule has 2 bridgehead atoms. The third-order valence-electron chi connectivity index (χ3n) is 6.04. The maximum atomic E-state index is 12.7. The lowest BCUT2D eigenvalue weighted by Crippen LogP contribution is -2.32. The van der Waals surface area contributed by atoms with Crippen LogP contribution in [0.15, 0.2) is 59.7 Å². The molecule has 1 aromatic carbocycles. The molecule has 1 aliphatic carbocycles. The van der Waals surface area contributed by atoms with Crippen molar-refractivity contribution in [1.29, 1.82) is 0 Å². The Kier molecular flexibility index (Phi) is 5.28. The second-order valence-electron chi connectivity index (χ2n) is 8.40. The molecule has 8 heteroatoms. The minimum Gasteiger partial charge on any atom is -0.458 e. The average Bonchev–Trinajstić information content (AvgIpc) is 3.44. The lowest BCUT2D eigenvalue weighted by Gasteiger charge is -2.25. The van der Waals surface area contributed by atoms with Gasteiger partial charge in [-0.15, -0.1) is 0 Å². The fraction of sp³-hybridized carbons (Fsp3) is 0.320. The number of carbonyl (C=O) groups excluding carboxylic acids is 3. The Morgan fingerprint density at radius 2 is 1.91 bits per heavy atom. The van der Waals surface area contributed by atoms with Crippen molar-refractivity contribution in [3.8, 4) is 11.5 Å². The van der Waals surface area contributed by atoms with Crippen molar-refractivity contribution in [2.45, 2.75) is 38.1 Å². The van der Waals surface area contributed by atoms with Crippen molar-refractivity contribution >= 4 is 24.0 Å². The van der Waals surface area contributed by atoms with Crippen LogP contribution < -0.4 is 9.47 Å². The predicted molar refractivity (Wildman–Crippen MR) is 115 cm³/mol. The first-order valence-corrected chi connectivity index (χ1v) is 10.6. The summed E-state index contributed by atoms with van der Waals surface area (Å²) < 4.78 is 27.3. The summed E-state index contributed by atoms with van der Waals surface area (Å²) in [5.74, 6) is -0.907. The maximum absolute atomic E-state index is 12.7. The zero-order valence-corrected chi connectivity index (χ0v) is 17.9. The summed E-state index contributed by atoms with van der Waals surface area (Å²) in [6, 6.07) is 5.33. The fourth-order valence-corrected chi connectivity index (χ4v) is 4.47. The van der Waals surface area contributed by atoms with Gasteiger partial charge in [-0.3, -0.25) is 0 Å². The van der Waals surface area contributed by atoms with Crippen LogP contribution >= 0.6 is 0 Å². The second kappa shape index (κ2) is 8.27. The van der Waals surface area contributed by atoms with Gasteiger partial charge in [-0.05, 0) is 42.8 Å². The molecule has 4 aliphatic rings. The van der Waals surface area contributed by atoms with Crippen LogP contribution in [0.4, 0.5) is 0 Å². The Hall–Kier alpha value is -3.81. The van der Waals surface area contributed by atoms with E-state index in [2.05, 4.69) is 6.58 Å². The molecule has 5 rings (SSSR count). The van der Waals surface area contributed by atoms with Crippen LogP contribution in [0.5, 0.6) is 11.5 Å². The zero-order chi connectivity index (χ0) is 23.1. The fourth-order valence-electron chi connectivity index (χ4n) is 4.47. The summed E-state index contributed by atoms with van der Waals surface area (Å²) in [5, 5.41) is 0. The Morgan fingerprint density at radius 3 is 2.76 bits per heavy atom. The van der Waals surface area contributed by atoms with Crippen LogP contribution in [0.1, 0.15) is 25.3 Å². The predicted octanol–water partition coefficient (Wildman–Crippen LogP) is 3.03. The van der Waals surface area contributed by atoms with E-state index < -0.39 is 36.0 Å². The summed E-state index contributed by atoms with van der Waals surface area (Å²) in [6.45, 7) is 5.89. The van der Waals surface area contributed by atoms with Gasteiger partial charge in [0.2, 0.25) is 6.79 Å². The monoisotopic (exact) mass is 450 g/mol. The summed E-state index contributed by atoms with van der Waals surface area (Å²) >= 11 is 0. The van der Waals surface area contributed by atoms with Crippen LogP contribution in [-0.2, 0) is 28.6 Å². The van der Waals surface area contributed by atoms with Crippen molar-refractivity contribution in [2.24, 2.45) is 5.92 Å². The highest BCUT2D eigenvalue weighted by atomic mass is 16.7. The Morgan fingerprint density at radius 1 is 1.09 bits per heavy atom. The molecule has 1 aromatic rings. The molecular formula is C25H22O8. The van der Waals surface area contributed by atoms with Crippen molar-refractivity contribution in [3.63, 3.8) is 0 Å². The number of esters is 3. The number of carbonyl (C=O) groups is 3. The number of ether oxygens (including phenoxy) is 5. The summed E-state index contributed by atoms with van der Waals surface area (Å²) in [5.41, 5.74) is 2.27. The van der Waals surface area contributed by atoms with Crippen LogP contribution in [0.3, 0.4) is 0 Å². The highest BCUT2D eigenvalue weighted by Crippen LogP contribution is 2.38. The first kappa shape index (κ1) is 21.1. The van der Waals surface area contributed by atoms with E-state index in [1.54, 1.807) is 36.4 Å². The van der Waals surface area contributed by atoms with Gasteiger partial charge in [0.25, 0.3) is 0 Å². The lowest BCUT2D eigenvalue weighted by atomic mass is 9.85. The van der Waals surface area contributed by atoms with Crippen LogP contribution in [0, 0.1) is 5.92 Å². The number of benzene rings is 1. The quantitative estimate of drug-likeness (QED) is 0.300. The SMILES string of the molecule is C=C1C(=O)O[C@H]2CC3=C[C@H](C/C(C)=C/[C@@H](OC(=O)/C=C\c4ccc5c(c4)OCO5)[C@H]12)OC3=O. The van der Waals surface area contributed by atoms with E-state index in [0.29, 0.717) is 23.5 Å². The van der Waals surface area contributed by atoms with Gasteiger partial charge in [0.15, 0.2) is 11.5 Å². The van der Waals surface area contributed by atoms with E-state index in [4.69, 9.17) is 23.7 Å². The van der Waals surface area contributed by atoms with E-state index in [9.17, 15) is 14.4 Å². The molecule has 0 radical (unpaired) electrons. The largest absolute Gasteiger partial charge is 0.458 e. The van der Waals surface area contributed by atoms with Crippen LogP contribution in [0.2, 0.25) is 0 Å². The number of hydrogen-bond donors (Lipinski definition) is 0. The molecule has 3 heterocycles. The zero-order valence-electron chi connectivity index (χ0n) is 17.9. The van der Waals surface area contributed by atoms with Crippen molar-refractivity contribution in [2.75, 3.05) is 6.79 Å². The molecule has 0 amide bonds. The molecule has 4 atom stereocenters. The van der Waals surface area contributed by atoms with Crippen molar-refractivity contribution < 1.29 is 38.1 Å². The molecule has 0 unspecified atom stereocenters. The number of hydrogen-bond acceptors (Lipinski definition) is 8. The van der Waals surface area contributed by atoms with Gasteiger partial charge >= 0.3 is 17.9 Å². The Bertz CT molecular complexity index is 1140. The topological polar surface area (TPSA) is 97.4 Å². The van der Waals surface area contributed by atoms with Gasteiger partial charge in [0.1, 0.15) is 18.3 Å². The molecule has 3 aliphatic heterocycles. The molecule has 0 saturated carbocycles. The molecule has 8 nitrogen and oxygen atoms in total. The summed E-state index contributed by atoms with van der Waals surface area (Å²) in [7, 11) is 0. The van der Waals surface area contributed by atoms with E-state index in [-0.39, 0.29) is 24.9 Å². The third-order valence-corrected chi connectivity index (χ3v) is 6.04. The molecule has 0 N–H and O–H groups in total. The first-order chi connectivity index (χ1) is 15.9. The first-order valence-electron chi connectivity index (χ1n) is 10.6. The van der Waals surface area contributed by atoms with Crippen molar-refractivity contribution in [3.05, 3.63) is 65.3 Å². The molecule has 170 valence electrons. The van der Waals surface area contributed by atoms with E-state index in [1.165, 1.54) is 6.08 Å². The molecule has 0 spiro atoms. The van der Waals surface area contributed by atoms with Gasteiger partial charge in [0.05, 0.1) is 5.92 Å². The van der Waals surface area contributed by atoms with Gasteiger partial charge in [-0.1, -0.05) is 18.2 Å². The highest BCUT2D eigenvalue weighted by Gasteiger charge is 2.46. The van der Waals surface area contributed by atoms with E-state index in [0.717, 1.165) is 11.1 Å². The van der Waals surface area contributed by atoms with Gasteiger partial charge in [-0.25, -0.2) is 14.4 Å². The van der Waals surface area contributed by atoms with Gasteiger partial charge in [-0.2, -0.15) is 0 Å². The smallest absolute Gasteiger partial charge is 0.334 e. The lowest BCUT2D eigenvalue weighted by molar-refractivity contribution is -0.145. The maximum Gasteiger partial charge on any atom is 0.334 e. The molecule has 1 fully saturated rings. The summed E-state index contributed by atoms with van der Waals surface area (Å²) in [4.78, 5) is 37.2. The number of fused-ring (bicyclic) bond motifs is 3. The second-order valence-corrected chi connectivity index (χ2v) is 8.40. The minimum atomic E-state index is -0.781. The van der Waals surface area contributed by atoms with Crippen LogP contribution in [0.25, 0.3) is 6.08 Å². The van der Waals surface area contributed by atoms with Crippen LogP contribution in [-0.4, -0.2) is 43.0 Å². The standard InChI is InChI=1S/C25H22O8/c1-13-7-17-10-16(25(28)31-17)11-21-23(14(2)24(27)33-21)20(8-13)32-22(26)6-4-15-3-5-18-19(9-15)30-12-29-18/h3-6,8-10,17,20-21,23H,2,7,11-12H2,1H3/b6-4-,13-8+/t17-,20+,21-,23-/m0/s1. The number of rotatable bonds is 3. The average molecular weight is 450 g/mol. The molecule has 0 aromatic heterocycles. The Labute approximate surface area is 190 Å². The molecule has 1 saturated heterocycles. The molecular weight excluding hydrogens is 428 g/mol. The summed E-state index contributed by atoms with van der Waals surface area (Å²) in [6.07, 6.45) is 5.27. The molecule has 33 heavy (non-hydrogen) atoms. The minimum absolute atomic E-state index is 0.166. The van der Waals surface area contributed by atoms with Crippen molar-refractivity contribution in [1.82, 2.24) is 0 Å². The van der Waals surface area contributed by atoms with Gasteiger partial charge < -0.3 is 23.7 Å². The van der Waals surface area contributed by atoms with E-state index in [1.807, 2.05) is 6.92 Å². The van der Waals surface area contributed by atoms with E-state index >= 15 is 0 Å². The normalized spacial score (nSPS) is 29.7. The highest BCUT2D eigenvalue weighted by molar-refractivity contribution is 5.93. The Balaban J connectivity index is 1.38. The third kappa shape index (κ3) is 4.16.